The smallest absolute Gasteiger partial charge is 0.271 e. The summed E-state index contributed by atoms with van der Waals surface area (Å²) in [7, 11) is -4.17. The Labute approximate surface area is 202 Å². The maximum Gasteiger partial charge on any atom is 0.271 e. The average molecular weight is 504 g/mol. The van der Waals surface area contributed by atoms with Crippen LogP contribution in [0.25, 0.3) is 0 Å². The van der Waals surface area contributed by atoms with Crippen LogP contribution in [0.3, 0.4) is 0 Å². The Bertz CT molecular complexity index is 1280. The summed E-state index contributed by atoms with van der Waals surface area (Å²) in [6.07, 6.45) is 0. The number of anilines is 1. The monoisotopic (exact) mass is 503 g/mol. The third-order valence-corrected chi connectivity index (χ3v) is 6.98. The molecular weight excluding hydrogens is 482 g/mol. The van der Waals surface area contributed by atoms with Gasteiger partial charge in [-0.1, -0.05) is 41.9 Å². The molecule has 0 spiro atoms. The fraction of sp³-hybridized carbons (Fsp3) is 0.174. The van der Waals surface area contributed by atoms with E-state index in [2.05, 4.69) is 5.32 Å². The third-order valence-electron chi connectivity index (χ3n) is 4.78. The Hall–Kier alpha value is -3.63. The summed E-state index contributed by atoms with van der Waals surface area (Å²) < 4.78 is 32.9. The maximum atomic E-state index is 13.3. The molecule has 0 saturated carbocycles. The van der Waals surface area contributed by atoms with Crippen molar-refractivity contribution in [2.24, 2.45) is 0 Å². The van der Waals surface area contributed by atoms with Gasteiger partial charge in [0.25, 0.3) is 15.7 Å². The third kappa shape index (κ3) is 6.24. The number of hydrogen-bond donors (Lipinski definition) is 1. The number of nitro groups is 1. The number of hydrogen-bond acceptors (Lipinski definition) is 6. The fourth-order valence-corrected chi connectivity index (χ4v) is 4.61. The number of amides is 1. The highest BCUT2D eigenvalue weighted by Gasteiger charge is 2.28. The predicted octanol–water partition coefficient (Wildman–Crippen LogP) is 3.95. The largest absolute Gasteiger partial charge is 0.492 e. The molecule has 9 nitrogen and oxygen atoms in total. The van der Waals surface area contributed by atoms with Gasteiger partial charge in [-0.05, 0) is 42.8 Å². The Balaban J connectivity index is 1.73. The molecule has 0 unspecified atom stereocenters. The summed E-state index contributed by atoms with van der Waals surface area (Å²) in [5.41, 5.74) is 0.610. The second-order valence-corrected chi connectivity index (χ2v) is 9.48. The van der Waals surface area contributed by atoms with Crippen molar-refractivity contribution < 1.29 is 22.9 Å². The normalized spacial score (nSPS) is 11.0. The first-order valence-corrected chi connectivity index (χ1v) is 12.0. The van der Waals surface area contributed by atoms with Gasteiger partial charge in [0, 0.05) is 17.2 Å². The molecule has 3 rings (SSSR count). The van der Waals surface area contributed by atoms with Crippen molar-refractivity contribution in [1.29, 1.82) is 0 Å². The first-order valence-electron chi connectivity index (χ1n) is 10.2. The molecule has 1 N–H and O–H groups in total. The van der Waals surface area contributed by atoms with E-state index in [-0.39, 0.29) is 29.4 Å². The van der Waals surface area contributed by atoms with Crippen LogP contribution in [-0.4, -0.2) is 38.9 Å². The van der Waals surface area contributed by atoms with Crippen LogP contribution in [-0.2, 0) is 14.8 Å². The molecule has 178 valence electrons. The van der Waals surface area contributed by atoms with Crippen LogP contribution in [0.1, 0.15) is 5.56 Å². The molecule has 1 amide bonds. The molecule has 0 saturated heterocycles. The maximum absolute atomic E-state index is 13.3. The lowest BCUT2D eigenvalue weighted by atomic mass is 10.2. The van der Waals surface area contributed by atoms with Crippen molar-refractivity contribution in [2.45, 2.75) is 11.8 Å². The van der Waals surface area contributed by atoms with Gasteiger partial charge in [-0.15, -0.1) is 0 Å². The first-order chi connectivity index (χ1) is 16.2. The van der Waals surface area contributed by atoms with E-state index in [1.165, 1.54) is 30.3 Å². The number of carbonyl (C=O) groups excluding carboxylic acids is 1. The highest BCUT2D eigenvalue weighted by atomic mass is 35.5. The van der Waals surface area contributed by atoms with Crippen LogP contribution in [0.2, 0.25) is 5.02 Å². The summed E-state index contributed by atoms with van der Waals surface area (Å²) in [5.74, 6) is -0.0636. The number of ether oxygens (including phenoxy) is 1. The molecule has 0 atom stereocenters. The molecule has 0 aliphatic rings. The molecular formula is C23H22ClN3O6S. The molecule has 0 fully saturated rings. The number of benzene rings is 3. The zero-order valence-electron chi connectivity index (χ0n) is 18.2. The zero-order valence-corrected chi connectivity index (χ0v) is 19.8. The number of halogens is 1. The highest BCUT2D eigenvalue weighted by molar-refractivity contribution is 7.92. The van der Waals surface area contributed by atoms with E-state index >= 15 is 0 Å². The minimum atomic E-state index is -4.17. The second kappa shape index (κ2) is 11.0. The predicted molar refractivity (Wildman–Crippen MR) is 129 cm³/mol. The van der Waals surface area contributed by atoms with E-state index in [1.807, 2.05) is 13.0 Å². The van der Waals surface area contributed by atoms with Gasteiger partial charge in [0.05, 0.1) is 22.1 Å². The van der Waals surface area contributed by atoms with Gasteiger partial charge in [-0.25, -0.2) is 8.42 Å². The Morgan fingerprint density at radius 3 is 2.50 bits per heavy atom. The lowest BCUT2D eigenvalue weighted by Gasteiger charge is -2.24. The van der Waals surface area contributed by atoms with Gasteiger partial charge in [0.1, 0.15) is 18.9 Å². The van der Waals surface area contributed by atoms with Crippen molar-refractivity contribution in [2.75, 3.05) is 24.0 Å². The Morgan fingerprint density at radius 2 is 1.82 bits per heavy atom. The number of sulfonamides is 1. The van der Waals surface area contributed by atoms with Crippen LogP contribution >= 0.6 is 11.6 Å². The number of non-ortho nitro benzene ring substituents is 1. The standard InChI is InChI=1S/C23H22ClN3O6S/c1-17-10-11-20(15-22(17)24)33-13-12-25-23(28)16-26(18-6-5-7-19(14-18)27(29)30)34(31,32)21-8-3-2-4-9-21/h2-11,14-15H,12-13,16H2,1H3,(H,25,28). The van der Waals surface area contributed by atoms with Gasteiger partial charge in [0.15, 0.2) is 0 Å². The van der Waals surface area contributed by atoms with Crippen LogP contribution in [0.15, 0.2) is 77.7 Å². The summed E-state index contributed by atoms with van der Waals surface area (Å²) in [6, 6.07) is 17.9. The van der Waals surface area contributed by atoms with Crippen molar-refractivity contribution in [1.82, 2.24) is 5.32 Å². The number of carbonyl (C=O) groups is 1. The summed E-state index contributed by atoms with van der Waals surface area (Å²) in [4.78, 5) is 23.1. The summed E-state index contributed by atoms with van der Waals surface area (Å²) >= 11 is 6.06. The van der Waals surface area contributed by atoms with E-state index < -0.39 is 27.4 Å². The van der Waals surface area contributed by atoms with Crippen LogP contribution in [0, 0.1) is 17.0 Å². The lowest BCUT2D eigenvalue weighted by Crippen LogP contribution is -2.41. The van der Waals surface area contributed by atoms with Crippen LogP contribution < -0.4 is 14.4 Å². The van der Waals surface area contributed by atoms with Gasteiger partial charge < -0.3 is 10.1 Å². The van der Waals surface area contributed by atoms with Crippen LogP contribution in [0.5, 0.6) is 5.75 Å². The van der Waals surface area contributed by atoms with E-state index in [4.69, 9.17) is 16.3 Å². The second-order valence-electron chi connectivity index (χ2n) is 7.21. The van der Waals surface area contributed by atoms with Gasteiger partial charge in [-0.3, -0.25) is 19.2 Å². The number of aryl methyl sites for hydroxylation is 1. The van der Waals surface area contributed by atoms with Gasteiger partial charge in [0.2, 0.25) is 5.91 Å². The van der Waals surface area contributed by atoms with E-state index in [9.17, 15) is 23.3 Å². The first kappa shape index (κ1) is 25.0. The molecule has 3 aromatic rings. The Kier molecular flexibility index (Phi) is 8.08. The molecule has 11 heteroatoms. The molecule has 0 aliphatic heterocycles. The van der Waals surface area contributed by atoms with Crippen LogP contribution in [0.4, 0.5) is 11.4 Å². The number of nitrogens with zero attached hydrogens (tertiary/aromatic N) is 2. The highest BCUT2D eigenvalue weighted by Crippen LogP contribution is 2.27. The fourth-order valence-electron chi connectivity index (χ4n) is 3.01. The van der Waals surface area contributed by atoms with Gasteiger partial charge >= 0.3 is 0 Å². The molecule has 0 aliphatic carbocycles. The summed E-state index contributed by atoms with van der Waals surface area (Å²) in [6.45, 7) is 1.53. The van der Waals surface area contributed by atoms with Crippen molar-refractivity contribution in [3.63, 3.8) is 0 Å². The van der Waals surface area contributed by atoms with Crippen molar-refractivity contribution in [3.8, 4) is 5.75 Å². The minimum absolute atomic E-state index is 0.00116. The SMILES string of the molecule is Cc1ccc(OCCNC(=O)CN(c2cccc([N+](=O)[O-])c2)S(=O)(=O)c2ccccc2)cc1Cl. The lowest BCUT2D eigenvalue weighted by molar-refractivity contribution is -0.384. The van der Waals surface area contributed by atoms with E-state index in [0.717, 1.165) is 15.9 Å². The minimum Gasteiger partial charge on any atom is -0.492 e. The number of nitrogens with one attached hydrogen (secondary N) is 1. The summed E-state index contributed by atoms with van der Waals surface area (Å²) in [5, 5.41) is 14.3. The van der Waals surface area contributed by atoms with Crippen molar-refractivity contribution >= 4 is 38.9 Å². The molecule has 0 heterocycles. The quantitative estimate of drug-likeness (QED) is 0.254. The van der Waals surface area contributed by atoms with E-state index in [0.29, 0.717) is 10.8 Å². The molecule has 0 radical (unpaired) electrons. The number of rotatable bonds is 10. The average Bonchev–Trinajstić information content (AvgIpc) is 2.83. The Morgan fingerprint density at radius 1 is 1.09 bits per heavy atom. The van der Waals surface area contributed by atoms with E-state index in [1.54, 1.807) is 30.3 Å². The molecule has 34 heavy (non-hydrogen) atoms. The van der Waals surface area contributed by atoms with Gasteiger partial charge in [-0.2, -0.15) is 0 Å². The number of nitro benzene ring substituents is 1. The zero-order chi connectivity index (χ0) is 24.7. The topological polar surface area (TPSA) is 119 Å². The molecule has 0 bridgehead atoms. The molecule has 3 aromatic carbocycles. The molecule has 0 aromatic heterocycles. The van der Waals surface area contributed by atoms with Crippen molar-refractivity contribution in [3.05, 3.63) is 93.5 Å².